The first-order chi connectivity index (χ1) is 6.18. The highest BCUT2D eigenvalue weighted by molar-refractivity contribution is 5.24. The molecule has 0 N–H and O–H groups in total. The van der Waals surface area contributed by atoms with Crippen molar-refractivity contribution in [2.24, 2.45) is 0 Å². The van der Waals surface area contributed by atoms with Crippen LogP contribution in [0.3, 0.4) is 0 Å². The minimum absolute atomic E-state index is 0.596. The van der Waals surface area contributed by atoms with Crippen molar-refractivity contribution in [1.82, 2.24) is 10.1 Å². The molecule has 1 aliphatic rings. The van der Waals surface area contributed by atoms with E-state index in [0.717, 1.165) is 31.0 Å². The maximum Gasteiger partial charge on any atom is 0.154 e. The second-order valence-corrected chi connectivity index (χ2v) is 3.98. The van der Waals surface area contributed by atoms with Gasteiger partial charge in [-0.2, -0.15) is 0 Å². The summed E-state index contributed by atoms with van der Waals surface area (Å²) in [6.45, 7) is 8.51. The van der Waals surface area contributed by atoms with Crippen molar-refractivity contribution in [3.05, 3.63) is 17.0 Å². The molecular formula is C10H16N2O. The Morgan fingerprint density at radius 2 is 2.23 bits per heavy atom. The van der Waals surface area contributed by atoms with Gasteiger partial charge in [0.1, 0.15) is 0 Å². The molecule has 2 heterocycles. The van der Waals surface area contributed by atoms with E-state index in [1.54, 1.807) is 0 Å². The molecule has 0 amide bonds. The van der Waals surface area contributed by atoms with Crippen LogP contribution in [0.15, 0.2) is 4.52 Å². The third-order valence-corrected chi connectivity index (χ3v) is 2.79. The van der Waals surface area contributed by atoms with E-state index < -0.39 is 0 Å². The smallest absolute Gasteiger partial charge is 0.154 e. The molecule has 0 aromatic carbocycles. The van der Waals surface area contributed by atoms with Gasteiger partial charge in [0.05, 0.1) is 12.2 Å². The van der Waals surface area contributed by atoms with E-state index in [9.17, 15) is 0 Å². The van der Waals surface area contributed by atoms with E-state index in [0.29, 0.717) is 6.04 Å². The summed E-state index contributed by atoms with van der Waals surface area (Å²) in [5.74, 6) is 1.07. The summed E-state index contributed by atoms with van der Waals surface area (Å²) >= 11 is 0. The van der Waals surface area contributed by atoms with Gasteiger partial charge in [0.15, 0.2) is 5.76 Å². The van der Waals surface area contributed by atoms with Crippen LogP contribution in [0.4, 0.5) is 0 Å². The Labute approximate surface area is 78.7 Å². The Morgan fingerprint density at radius 3 is 2.92 bits per heavy atom. The topological polar surface area (TPSA) is 29.3 Å². The first-order valence-corrected chi connectivity index (χ1v) is 4.86. The Kier molecular flexibility index (Phi) is 2.12. The summed E-state index contributed by atoms with van der Waals surface area (Å²) in [6.07, 6.45) is 1.09. The van der Waals surface area contributed by atoms with Crippen molar-refractivity contribution in [3.63, 3.8) is 0 Å². The number of aromatic nitrogens is 1. The molecule has 13 heavy (non-hydrogen) atoms. The number of rotatable bonds is 1. The standard InChI is InChI=1S/C10H16N2O/c1-7(2)12-5-4-9-8(3)11-13-10(9)6-12/h7H,4-6H2,1-3H3. The molecule has 0 saturated carbocycles. The Morgan fingerprint density at radius 1 is 1.46 bits per heavy atom. The summed E-state index contributed by atoms with van der Waals surface area (Å²) in [6, 6.07) is 0.596. The lowest BCUT2D eigenvalue weighted by atomic mass is 10.0. The highest BCUT2D eigenvalue weighted by Crippen LogP contribution is 2.22. The molecule has 0 aliphatic carbocycles. The van der Waals surface area contributed by atoms with E-state index in [1.165, 1.54) is 5.56 Å². The van der Waals surface area contributed by atoms with Crippen LogP contribution < -0.4 is 0 Å². The van der Waals surface area contributed by atoms with Crippen molar-refractivity contribution in [3.8, 4) is 0 Å². The van der Waals surface area contributed by atoms with Crippen LogP contribution in [0.25, 0.3) is 0 Å². The van der Waals surface area contributed by atoms with Crippen LogP contribution in [0.2, 0.25) is 0 Å². The second kappa shape index (κ2) is 3.14. The third-order valence-electron chi connectivity index (χ3n) is 2.79. The average Bonchev–Trinajstić information content (AvgIpc) is 2.47. The minimum Gasteiger partial charge on any atom is -0.359 e. The van der Waals surface area contributed by atoms with Crippen molar-refractivity contribution >= 4 is 0 Å². The first-order valence-electron chi connectivity index (χ1n) is 4.86. The van der Waals surface area contributed by atoms with Gasteiger partial charge in [-0.1, -0.05) is 5.16 Å². The molecule has 0 spiro atoms. The summed E-state index contributed by atoms with van der Waals surface area (Å²) in [4.78, 5) is 2.41. The van der Waals surface area contributed by atoms with Crippen molar-refractivity contribution < 1.29 is 4.52 Å². The summed E-state index contributed by atoms with van der Waals surface area (Å²) in [5, 5.41) is 3.99. The Bertz CT molecular complexity index is 304. The average molecular weight is 180 g/mol. The zero-order valence-corrected chi connectivity index (χ0v) is 8.50. The van der Waals surface area contributed by atoms with Gasteiger partial charge in [-0.25, -0.2) is 0 Å². The van der Waals surface area contributed by atoms with Crippen molar-refractivity contribution in [1.29, 1.82) is 0 Å². The minimum atomic E-state index is 0.596. The maximum atomic E-state index is 5.28. The van der Waals surface area contributed by atoms with Gasteiger partial charge in [0, 0.05) is 18.2 Å². The van der Waals surface area contributed by atoms with E-state index in [4.69, 9.17) is 4.52 Å². The quantitative estimate of drug-likeness (QED) is 0.659. The number of aryl methyl sites for hydroxylation is 1. The molecular weight excluding hydrogens is 164 g/mol. The largest absolute Gasteiger partial charge is 0.359 e. The Hall–Kier alpha value is -0.830. The third kappa shape index (κ3) is 1.48. The van der Waals surface area contributed by atoms with Crippen LogP contribution in [-0.2, 0) is 13.0 Å². The van der Waals surface area contributed by atoms with Gasteiger partial charge in [0.25, 0.3) is 0 Å². The van der Waals surface area contributed by atoms with Gasteiger partial charge in [-0.3, -0.25) is 4.90 Å². The lowest BCUT2D eigenvalue weighted by Gasteiger charge is -2.28. The predicted octanol–water partition coefficient (Wildman–Crippen LogP) is 1.75. The SMILES string of the molecule is Cc1noc2c1CCN(C(C)C)C2. The molecule has 72 valence electrons. The normalized spacial score (nSPS) is 17.8. The van der Waals surface area contributed by atoms with Crippen molar-refractivity contribution in [2.45, 2.75) is 39.8 Å². The number of hydrogen-bond acceptors (Lipinski definition) is 3. The molecule has 2 rings (SSSR count). The number of nitrogens with zero attached hydrogens (tertiary/aromatic N) is 2. The number of fused-ring (bicyclic) bond motifs is 1. The van der Waals surface area contributed by atoms with Gasteiger partial charge in [0.2, 0.25) is 0 Å². The van der Waals surface area contributed by atoms with E-state index >= 15 is 0 Å². The van der Waals surface area contributed by atoms with Crippen LogP contribution in [0.5, 0.6) is 0 Å². The van der Waals surface area contributed by atoms with Crippen LogP contribution in [-0.4, -0.2) is 22.6 Å². The van der Waals surface area contributed by atoms with Crippen molar-refractivity contribution in [2.75, 3.05) is 6.54 Å². The molecule has 0 bridgehead atoms. The lowest BCUT2D eigenvalue weighted by molar-refractivity contribution is 0.177. The zero-order chi connectivity index (χ0) is 9.42. The first kappa shape index (κ1) is 8.75. The van der Waals surface area contributed by atoms with E-state index in [-0.39, 0.29) is 0 Å². The molecule has 1 aromatic rings. The molecule has 0 unspecified atom stereocenters. The highest BCUT2D eigenvalue weighted by Gasteiger charge is 2.23. The fourth-order valence-corrected chi connectivity index (χ4v) is 1.84. The summed E-state index contributed by atoms with van der Waals surface area (Å²) < 4.78 is 5.28. The monoisotopic (exact) mass is 180 g/mol. The van der Waals surface area contributed by atoms with E-state index in [2.05, 4.69) is 23.9 Å². The lowest BCUT2D eigenvalue weighted by Crippen LogP contribution is -2.35. The molecule has 3 heteroatoms. The molecule has 1 aromatic heterocycles. The molecule has 3 nitrogen and oxygen atoms in total. The van der Waals surface area contributed by atoms with Crippen LogP contribution in [0, 0.1) is 6.92 Å². The molecule has 1 aliphatic heterocycles. The molecule has 0 atom stereocenters. The molecule has 0 radical (unpaired) electrons. The fraction of sp³-hybridized carbons (Fsp3) is 0.700. The number of hydrogen-bond donors (Lipinski definition) is 0. The Balaban J connectivity index is 2.21. The van der Waals surface area contributed by atoms with E-state index in [1.807, 2.05) is 6.92 Å². The second-order valence-electron chi connectivity index (χ2n) is 3.98. The molecule has 0 saturated heterocycles. The summed E-state index contributed by atoms with van der Waals surface area (Å²) in [5.41, 5.74) is 2.40. The van der Waals surface area contributed by atoms with Gasteiger partial charge in [-0.15, -0.1) is 0 Å². The highest BCUT2D eigenvalue weighted by atomic mass is 16.5. The van der Waals surface area contributed by atoms with Gasteiger partial charge < -0.3 is 4.52 Å². The fourth-order valence-electron chi connectivity index (χ4n) is 1.84. The van der Waals surface area contributed by atoms with Gasteiger partial charge in [-0.05, 0) is 27.2 Å². The zero-order valence-electron chi connectivity index (χ0n) is 8.50. The van der Waals surface area contributed by atoms with Gasteiger partial charge >= 0.3 is 0 Å². The molecule has 0 fully saturated rings. The van der Waals surface area contributed by atoms with Crippen LogP contribution in [0.1, 0.15) is 30.9 Å². The van der Waals surface area contributed by atoms with Crippen LogP contribution >= 0.6 is 0 Å². The maximum absolute atomic E-state index is 5.28. The summed E-state index contributed by atoms with van der Waals surface area (Å²) in [7, 11) is 0. The predicted molar refractivity (Wildman–Crippen MR) is 50.5 cm³/mol.